The molecule has 5 rings (SSSR count). The Morgan fingerprint density at radius 2 is 1.92 bits per heavy atom. The molecule has 3 heteroatoms. The lowest BCUT2D eigenvalue weighted by molar-refractivity contribution is -0.166. The molecule has 0 radical (unpaired) electrons. The Balaban J connectivity index is 1.49. The van der Waals surface area contributed by atoms with Gasteiger partial charge in [0.25, 0.3) is 0 Å². The van der Waals surface area contributed by atoms with Gasteiger partial charge in [-0.1, -0.05) is 32.1 Å². The van der Waals surface area contributed by atoms with E-state index in [1.54, 1.807) is 0 Å². The number of fused-ring (bicyclic) bond motifs is 6. The number of aliphatic hydroxyl groups is 1. The molecule has 142 valence electrons. The third kappa shape index (κ3) is 1.96. The molecule has 0 bridgehead atoms. The van der Waals surface area contributed by atoms with Crippen molar-refractivity contribution in [3.8, 4) is 0 Å². The monoisotopic (exact) mass is 356 g/mol. The van der Waals surface area contributed by atoms with E-state index in [9.17, 15) is 9.90 Å². The summed E-state index contributed by atoms with van der Waals surface area (Å²) in [5.41, 5.74) is 2.28. The van der Waals surface area contributed by atoms with Crippen molar-refractivity contribution in [3.05, 3.63) is 23.8 Å². The van der Waals surface area contributed by atoms with Crippen LogP contribution < -0.4 is 0 Å². The summed E-state index contributed by atoms with van der Waals surface area (Å²) in [4.78, 5) is 12.1. The number of rotatable bonds is 0. The Morgan fingerprint density at radius 3 is 2.65 bits per heavy atom. The Morgan fingerprint density at radius 1 is 1.15 bits per heavy atom. The van der Waals surface area contributed by atoms with Gasteiger partial charge in [-0.15, -0.1) is 0 Å². The highest BCUT2D eigenvalue weighted by atomic mass is 16.6. The second-order valence-corrected chi connectivity index (χ2v) is 10.3. The molecule has 1 spiro atoms. The number of hydrogen-bond acceptors (Lipinski definition) is 3. The Bertz CT molecular complexity index is 690. The van der Waals surface area contributed by atoms with E-state index in [1.807, 2.05) is 0 Å². The van der Waals surface area contributed by atoms with Crippen LogP contribution in [-0.2, 0) is 9.53 Å². The Labute approximate surface area is 156 Å². The average Bonchev–Trinajstić information content (AvgIpc) is 3.05. The highest BCUT2D eigenvalue weighted by Crippen LogP contribution is 2.69. The molecule has 0 aromatic heterocycles. The Hall–Kier alpha value is -1.09. The molecule has 5 aliphatic rings. The van der Waals surface area contributed by atoms with Gasteiger partial charge in [-0.3, -0.25) is 0 Å². The van der Waals surface area contributed by atoms with Gasteiger partial charge in [0.05, 0.1) is 6.10 Å². The summed E-state index contributed by atoms with van der Waals surface area (Å²) in [6.45, 7) is 8.84. The van der Waals surface area contributed by atoms with Gasteiger partial charge in [0, 0.05) is 17.4 Å². The van der Waals surface area contributed by atoms with E-state index in [-0.39, 0.29) is 28.5 Å². The minimum absolute atomic E-state index is 0.0964. The van der Waals surface area contributed by atoms with Crippen LogP contribution in [0.2, 0.25) is 0 Å². The van der Waals surface area contributed by atoms with E-state index in [2.05, 4.69) is 26.5 Å². The molecular weight excluding hydrogens is 324 g/mol. The fourth-order valence-corrected chi connectivity index (χ4v) is 7.89. The van der Waals surface area contributed by atoms with Gasteiger partial charge in [0.1, 0.15) is 5.60 Å². The van der Waals surface area contributed by atoms with E-state index in [0.717, 1.165) is 50.9 Å². The standard InChI is InChI=1S/C23H32O3/c1-14-13-23(26-20(14)25)11-8-19-17-5-4-15-12-16(24)6-9-21(15,2)18(17)7-10-22(19,23)3/h4,16-19,24H,1,5-13H2,2-3H3. The van der Waals surface area contributed by atoms with E-state index < -0.39 is 0 Å². The van der Waals surface area contributed by atoms with E-state index >= 15 is 0 Å². The molecule has 3 saturated carbocycles. The summed E-state index contributed by atoms with van der Waals surface area (Å²) in [6.07, 6.45) is 11.7. The molecule has 3 nitrogen and oxygen atoms in total. The molecule has 0 amide bonds. The van der Waals surface area contributed by atoms with Crippen LogP contribution in [0.25, 0.3) is 0 Å². The highest BCUT2D eigenvalue weighted by Gasteiger charge is 2.67. The lowest BCUT2D eigenvalue weighted by Crippen LogP contribution is -2.54. The number of hydrogen-bond donors (Lipinski definition) is 1. The maximum atomic E-state index is 12.1. The molecule has 0 aromatic rings. The maximum absolute atomic E-state index is 12.1. The second kappa shape index (κ2) is 5.25. The SMILES string of the molecule is C=C1CC2(CCC3C4CC=C5CC(O)CCC5(C)C4CCC32C)OC1=O. The molecule has 1 aliphatic heterocycles. The van der Waals surface area contributed by atoms with E-state index in [1.165, 1.54) is 18.4 Å². The Kier molecular flexibility index (Phi) is 3.44. The van der Waals surface area contributed by atoms with E-state index in [0.29, 0.717) is 17.4 Å². The van der Waals surface area contributed by atoms with Gasteiger partial charge in [0.15, 0.2) is 0 Å². The first-order valence-corrected chi connectivity index (χ1v) is 10.6. The number of aliphatic hydroxyl groups excluding tert-OH is 1. The molecule has 0 aromatic carbocycles. The number of carbonyl (C=O) groups is 1. The van der Waals surface area contributed by atoms with Crippen LogP contribution in [0.15, 0.2) is 23.8 Å². The number of carbonyl (C=O) groups excluding carboxylic acids is 1. The van der Waals surface area contributed by atoms with Gasteiger partial charge in [-0.05, 0) is 74.5 Å². The summed E-state index contributed by atoms with van der Waals surface area (Å²) >= 11 is 0. The first-order chi connectivity index (χ1) is 12.3. The largest absolute Gasteiger partial charge is 0.455 e. The molecule has 4 aliphatic carbocycles. The van der Waals surface area contributed by atoms with Crippen molar-refractivity contribution < 1.29 is 14.6 Å². The minimum atomic E-state index is -0.287. The van der Waals surface area contributed by atoms with Gasteiger partial charge in [-0.25, -0.2) is 4.79 Å². The average molecular weight is 357 g/mol. The number of esters is 1. The molecular formula is C23H32O3. The fraction of sp³-hybridized carbons (Fsp3) is 0.783. The lowest BCUT2D eigenvalue weighted by atomic mass is 9.47. The molecule has 4 fully saturated rings. The fourth-order valence-electron chi connectivity index (χ4n) is 7.89. The van der Waals surface area contributed by atoms with Gasteiger partial charge in [0.2, 0.25) is 0 Å². The van der Waals surface area contributed by atoms with Gasteiger partial charge in [-0.2, -0.15) is 0 Å². The summed E-state index contributed by atoms with van der Waals surface area (Å²) in [7, 11) is 0. The molecule has 7 atom stereocenters. The van der Waals surface area contributed by atoms with Crippen molar-refractivity contribution in [2.45, 2.75) is 83.3 Å². The van der Waals surface area contributed by atoms with Crippen LogP contribution in [0.1, 0.15) is 71.6 Å². The molecule has 7 unspecified atom stereocenters. The predicted octanol–water partition coefficient (Wildman–Crippen LogP) is 4.55. The van der Waals surface area contributed by atoms with Gasteiger partial charge >= 0.3 is 5.97 Å². The summed E-state index contributed by atoms with van der Waals surface area (Å²) in [5.74, 6) is 1.91. The van der Waals surface area contributed by atoms with Crippen molar-refractivity contribution in [1.82, 2.24) is 0 Å². The molecule has 1 saturated heterocycles. The first-order valence-electron chi connectivity index (χ1n) is 10.6. The smallest absolute Gasteiger partial charge is 0.334 e. The number of ether oxygens (including phenoxy) is 1. The summed E-state index contributed by atoms with van der Waals surface area (Å²) in [5, 5.41) is 10.1. The zero-order valence-corrected chi connectivity index (χ0v) is 16.2. The highest BCUT2D eigenvalue weighted by molar-refractivity contribution is 5.90. The zero-order valence-electron chi connectivity index (χ0n) is 16.2. The molecule has 1 N–H and O–H groups in total. The van der Waals surface area contributed by atoms with Gasteiger partial charge < -0.3 is 9.84 Å². The van der Waals surface area contributed by atoms with Crippen molar-refractivity contribution in [2.24, 2.45) is 28.6 Å². The summed E-state index contributed by atoms with van der Waals surface area (Å²) < 4.78 is 6.03. The second-order valence-electron chi connectivity index (χ2n) is 10.3. The predicted molar refractivity (Wildman–Crippen MR) is 100 cm³/mol. The minimum Gasteiger partial charge on any atom is -0.455 e. The normalized spacial score (nSPS) is 53.0. The first kappa shape index (κ1) is 17.0. The van der Waals surface area contributed by atoms with Crippen LogP contribution in [0.3, 0.4) is 0 Å². The van der Waals surface area contributed by atoms with Crippen LogP contribution in [-0.4, -0.2) is 22.8 Å². The van der Waals surface area contributed by atoms with Crippen molar-refractivity contribution in [2.75, 3.05) is 0 Å². The van der Waals surface area contributed by atoms with Crippen LogP contribution >= 0.6 is 0 Å². The maximum Gasteiger partial charge on any atom is 0.334 e. The van der Waals surface area contributed by atoms with Crippen molar-refractivity contribution >= 4 is 5.97 Å². The lowest BCUT2D eigenvalue weighted by Gasteiger charge is -2.58. The quantitative estimate of drug-likeness (QED) is 0.393. The van der Waals surface area contributed by atoms with Crippen LogP contribution in [0.5, 0.6) is 0 Å². The molecule has 26 heavy (non-hydrogen) atoms. The van der Waals surface area contributed by atoms with E-state index in [4.69, 9.17) is 4.74 Å². The zero-order chi connectivity index (χ0) is 18.3. The van der Waals surface area contributed by atoms with Crippen molar-refractivity contribution in [3.63, 3.8) is 0 Å². The molecule has 1 heterocycles. The third-order valence-electron chi connectivity index (χ3n) is 9.44. The number of allylic oxidation sites excluding steroid dienone is 1. The topological polar surface area (TPSA) is 46.5 Å². The summed E-state index contributed by atoms with van der Waals surface area (Å²) in [6, 6.07) is 0. The van der Waals surface area contributed by atoms with Crippen molar-refractivity contribution in [1.29, 1.82) is 0 Å². The van der Waals surface area contributed by atoms with Crippen LogP contribution in [0, 0.1) is 28.6 Å². The van der Waals surface area contributed by atoms with Crippen LogP contribution in [0.4, 0.5) is 0 Å². The third-order valence-corrected chi connectivity index (χ3v) is 9.44.